The highest BCUT2D eigenvalue weighted by molar-refractivity contribution is 6.02. The Morgan fingerprint density at radius 1 is 1.05 bits per heavy atom. The summed E-state index contributed by atoms with van der Waals surface area (Å²) in [6, 6.07) is 14.1. The number of phenols is 1. The van der Waals surface area contributed by atoms with E-state index in [9.17, 15) is 29.7 Å². The molecule has 0 spiro atoms. The first-order chi connectivity index (χ1) is 19.3. The van der Waals surface area contributed by atoms with E-state index in [1.54, 1.807) is 6.07 Å². The number of carbonyl (C=O) groups excluding carboxylic acids is 3. The highest BCUT2D eigenvalue weighted by atomic mass is 16.3. The summed E-state index contributed by atoms with van der Waals surface area (Å²) < 4.78 is 0. The Balaban J connectivity index is 1.45. The van der Waals surface area contributed by atoms with Gasteiger partial charge in [-0.3, -0.25) is 19.3 Å². The smallest absolute Gasteiger partial charge is 0.167 e. The van der Waals surface area contributed by atoms with Gasteiger partial charge in [0.05, 0.1) is 18.6 Å². The zero-order valence-electron chi connectivity index (χ0n) is 23.3. The molecule has 1 aliphatic carbocycles. The topological polar surface area (TPSA) is 127 Å². The van der Waals surface area contributed by atoms with Crippen molar-refractivity contribution in [3.05, 3.63) is 59.2 Å². The average Bonchev–Trinajstić information content (AvgIpc) is 2.92. The van der Waals surface area contributed by atoms with Gasteiger partial charge in [0, 0.05) is 50.3 Å². The molecule has 1 saturated heterocycles. The van der Waals surface area contributed by atoms with E-state index >= 15 is 0 Å². The molecule has 0 saturated carbocycles. The van der Waals surface area contributed by atoms with Crippen molar-refractivity contribution in [2.75, 3.05) is 31.6 Å². The fraction of sp³-hybridized carbons (Fsp3) is 0.531. The van der Waals surface area contributed by atoms with Gasteiger partial charge >= 0.3 is 0 Å². The lowest BCUT2D eigenvalue weighted by molar-refractivity contribution is -0.131. The van der Waals surface area contributed by atoms with Crippen molar-refractivity contribution in [2.24, 2.45) is 17.8 Å². The third-order valence-corrected chi connectivity index (χ3v) is 8.47. The highest BCUT2D eigenvalue weighted by Gasteiger charge is 2.35. The van der Waals surface area contributed by atoms with E-state index in [1.165, 1.54) is 12.5 Å². The predicted molar refractivity (Wildman–Crippen MR) is 153 cm³/mol. The van der Waals surface area contributed by atoms with E-state index in [-0.39, 0.29) is 60.4 Å². The number of aliphatic hydroxyl groups excluding tert-OH is 2. The Kier molecular flexibility index (Phi) is 10.5. The van der Waals surface area contributed by atoms with Gasteiger partial charge in [0.1, 0.15) is 17.3 Å². The van der Waals surface area contributed by atoms with Crippen LogP contribution in [0.1, 0.15) is 66.9 Å². The van der Waals surface area contributed by atoms with Gasteiger partial charge in [-0.05, 0) is 74.1 Å². The van der Waals surface area contributed by atoms with Gasteiger partial charge in [0.2, 0.25) is 0 Å². The number of Topliss-reactive ketones (excluding diaryl/α,β-unsaturated/α-hetero) is 3. The van der Waals surface area contributed by atoms with Crippen LogP contribution >= 0.6 is 0 Å². The molecule has 4 rings (SSSR count). The zero-order valence-corrected chi connectivity index (χ0v) is 23.3. The molecule has 3 unspecified atom stereocenters. The summed E-state index contributed by atoms with van der Waals surface area (Å²) in [7, 11) is 0. The summed E-state index contributed by atoms with van der Waals surface area (Å²) in [5.74, 6) is -1.94. The summed E-state index contributed by atoms with van der Waals surface area (Å²) in [5, 5.41) is 33.9. The van der Waals surface area contributed by atoms with Crippen molar-refractivity contribution in [1.29, 1.82) is 0 Å². The number of benzene rings is 2. The van der Waals surface area contributed by atoms with Crippen molar-refractivity contribution in [3.63, 3.8) is 0 Å². The largest absolute Gasteiger partial charge is 0.507 e. The molecule has 8 nitrogen and oxygen atoms in total. The maximum atomic E-state index is 13.2. The molecule has 0 bridgehead atoms. The van der Waals surface area contributed by atoms with Gasteiger partial charge in [-0.25, -0.2) is 0 Å². The molecule has 0 aromatic heterocycles. The number of likely N-dealkylation sites (tertiary alicyclic amines) is 1. The number of anilines is 1. The number of phenolic OH excluding ortho intramolecular Hbond substituents is 1. The van der Waals surface area contributed by atoms with Crippen LogP contribution in [0.3, 0.4) is 0 Å². The van der Waals surface area contributed by atoms with E-state index in [2.05, 4.69) is 34.5 Å². The first kappa shape index (κ1) is 29.9. The third-order valence-electron chi connectivity index (χ3n) is 8.47. The first-order valence-electron chi connectivity index (χ1n) is 14.4. The minimum Gasteiger partial charge on any atom is -0.507 e. The van der Waals surface area contributed by atoms with Crippen LogP contribution in [-0.2, 0) is 22.6 Å². The second-order valence-electron chi connectivity index (χ2n) is 11.5. The zero-order chi connectivity index (χ0) is 28.6. The van der Waals surface area contributed by atoms with E-state index in [1.807, 2.05) is 12.1 Å². The Morgan fingerprint density at radius 3 is 2.42 bits per heavy atom. The SMILES string of the molecule is CC(=O)CC(=O)C(CO)C(CCO)CC1CC(=O)c2c(O)ccc(NC3CCN(Cc4ccccc4)CC3)c2C1. The predicted octanol–water partition coefficient (Wildman–Crippen LogP) is 3.76. The summed E-state index contributed by atoms with van der Waals surface area (Å²) in [5.41, 5.74) is 3.33. The van der Waals surface area contributed by atoms with E-state index in [0.29, 0.717) is 24.8 Å². The van der Waals surface area contributed by atoms with Crippen LogP contribution in [0.15, 0.2) is 42.5 Å². The van der Waals surface area contributed by atoms with E-state index in [0.717, 1.165) is 43.7 Å². The first-order valence-corrected chi connectivity index (χ1v) is 14.4. The van der Waals surface area contributed by atoms with Gasteiger partial charge < -0.3 is 20.6 Å². The fourth-order valence-corrected chi connectivity index (χ4v) is 6.45. The monoisotopic (exact) mass is 550 g/mol. The Bertz CT molecular complexity index is 1180. The van der Waals surface area contributed by atoms with Crippen molar-refractivity contribution in [1.82, 2.24) is 4.90 Å². The van der Waals surface area contributed by atoms with Crippen molar-refractivity contribution in [2.45, 2.75) is 64.5 Å². The Hall–Kier alpha value is -3.07. The molecule has 1 heterocycles. The molecule has 4 N–H and O–H groups in total. The molecule has 2 aromatic carbocycles. The molecule has 40 heavy (non-hydrogen) atoms. The van der Waals surface area contributed by atoms with Crippen molar-refractivity contribution >= 4 is 23.0 Å². The molecule has 3 atom stereocenters. The summed E-state index contributed by atoms with van der Waals surface area (Å²) in [4.78, 5) is 39.9. The third kappa shape index (κ3) is 7.56. The van der Waals surface area contributed by atoms with Gasteiger partial charge in [0.25, 0.3) is 0 Å². The van der Waals surface area contributed by atoms with Gasteiger partial charge in [-0.2, -0.15) is 0 Å². The molecule has 2 aliphatic rings. The number of ketones is 3. The van der Waals surface area contributed by atoms with Crippen LogP contribution in [0.4, 0.5) is 5.69 Å². The van der Waals surface area contributed by atoms with Crippen LogP contribution in [-0.4, -0.2) is 69.9 Å². The quantitative estimate of drug-likeness (QED) is 0.219. The second kappa shape index (κ2) is 14.0. The molecule has 1 aliphatic heterocycles. The van der Waals surface area contributed by atoms with E-state index in [4.69, 9.17) is 0 Å². The summed E-state index contributed by atoms with van der Waals surface area (Å²) in [6.45, 7) is 3.66. The number of carbonyl (C=O) groups is 3. The van der Waals surface area contributed by atoms with Crippen LogP contribution in [0.25, 0.3) is 0 Å². The van der Waals surface area contributed by atoms with Crippen molar-refractivity contribution in [3.8, 4) is 5.75 Å². The number of nitrogens with zero attached hydrogens (tertiary/aromatic N) is 1. The number of piperidine rings is 1. The number of rotatable bonds is 13. The normalized spacial score (nSPS) is 19.6. The number of aromatic hydroxyl groups is 1. The lowest BCUT2D eigenvalue weighted by Gasteiger charge is -2.35. The maximum absolute atomic E-state index is 13.2. The number of aliphatic hydroxyl groups is 2. The standard InChI is InChI=1S/C32H42N2O6/c1-21(37)15-30(39)27(20-36)24(11-14-35)16-23-17-26-28(7-8-29(38)32(26)31(40)18-23)33-25-9-12-34(13-10-25)19-22-5-3-2-4-6-22/h2-8,23-25,27,33,35-36,38H,9-20H2,1H3. The van der Waals surface area contributed by atoms with Gasteiger partial charge in [-0.1, -0.05) is 30.3 Å². The molecular weight excluding hydrogens is 508 g/mol. The minimum absolute atomic E-state index is 0.0153. The molecule has 216 valence electrons. The van der Waals surface area contributed by atoms with Crippen molar-refractivity contribution < 1.29 is 29.7 Å². The van der Waals surface area contributed by atoms with Crippen LogP contribution in [0.5, 0.6) is 5.75 Å². The average molecular weight is 551 g/mol. The highest BCUT2D eigenvalue weighted by Crippen LogP contribution is 2.40. The Morgan fingerprint density at radius 2 is 1.77 bits per heavy atom. The second-order valence-corrected chi connectivity index (χ2v) is 11.5. The molecule has 8 heteroatoms. The van der Waals surface area contributed by atoms with E-state index < -0.39 is 12.5 Å². The van der Waals surface area contributed by atoms with Crippen LogP contribution in [0, 0.1) is 17.8 Å². The lowest BCUT2D eigenvalue weighted by atomic mass is 9.73. The number of nitrogens with one attached hydrogen (secondary N) is 1. The summed E-state index contributed by atoms with van der Waals surface area (Å²) in [6.07, 6.45) is 3.23. The summed E-state index contributed by atoms with van der Waals surface area (Å²) >= 11 is 0. The minimum atomic E-state index is -0.754. The molecule has 0 amide bonds. The molecule has 0 radical (unpaired) electrons. The lowest BCUT2D eigenvalue weighted by Crippen LogP contribution is -2.39. The molecule has 2 aromatic rings. The number of hydrogen-bond acceptors (Lipinski definition) is 8. The number of hydrogen-bond donors (Lipinski definition) is 4. The van der Waals surface area contributed by atoms with Crippen LogP contribution in [0.2, 0.25) is 0 Å². The van der Waals surface area contributed by atoms with Crippen LogP contribution < -0.4 is 5.32 Å². The fourth-order valence-electron chi connectivity index (χ4n) is 6.45. The molecular formula is C32H42N2O6. The molecule has 1 fully saturated rings. The van der Waals surface area contributed by atoms with Gasteiger partial charge in [-0.15, -0.1) is 0 Å². The maximum Gasteiger partial charge on any atom is 0.167 e. The number of fused-ring (bicyclic) bond motifs is 1. The van der Waals surface area contributed by atoms with Gasteiger partial charge in [0.15, 0.2) is 5.78 Å². The Labute approximate surface area is 236 Å².